The minimum atomic E-state index is -3.07. The molecule has 6 heteroatoms. The molecule has 0 fully saturated rings. The molecule has 1 heterocycles. The van der Waals surface area contributed by atoms with Crippen LogP contribution in [0.5, 0.6) is 0 Å². The van der Waals surface area contributed by atoms with E-state index in [1.165, 1.54) is 6.07 Å². The highest BCUT2D eigenvalue weighted by molar-refractivity contribution is 5.98. The summed E-state index contributed by atoms with van der Waals surface area (Å²) in [5, 5.41) is 6.18. The zero-order valence-corrected chi connectivity index (χ0v) is 10.7. The van der Waals surface area contributed by atoms with Gasteiger partial charge in [0.25, 0.3) is 0 Å². The molecule has 1 amide bonds. The Hall–Kier alpha value is -2.50. The lowest BCUT2D eigenvalue weighted by Gasteiger charge is -2.03. The molecule has 4 nitrogen and oxygen atoms in total. The molecule has 0 atom stereocenters. The Labute approximate surface area is 114 Å². The largest absolute Gasteiger partial charge is 0.354 e. The second-order valence-electron chi connectivity index (χ2n) is 4.24. The van der Waals surface area contributed by atoms with Crippen LogP contribution < -0.4 is 5.32 Å². The van der Waals surface area contributed by atoms with Gasteiger partial charge in [0.2, 0.25) is 11.7 Å². The number of hydrogen-bond acceptors (Lipinski definition) is 3. The van der Waals surface area contributed by atoms with Crippen LogP contribution in [0.25, 0.3) is 11.3 Å². The number of amides is 1. The number of aromatic nitrogens is 1. The highest BCUT2D eigenvalue weighted by Crippen LogP contribution is 2.30. The van der Waals surface area contributed by atoms with Crippen molar-refractivity contribution in [2.75, 3.05) is 5.32 Å². The number of carbonyl (C=O) groups is 1. The highest BCUT2D eigenvalue weighted by atomic mass is 19.3. The third-order valence-corrected chi connectivity index (χ3v) is 2.58. The van der Waals surface area contributed by atoms with Crippen molar-refractivity contribution in [3.05, 3.63) is 48.7 Å². The third-order valence-electron chi connectivity index (χ3n) is 2.58. The fourth-order valence-corrected chi connectivity index (χ4v) is 1.54. The monoisotopic (exact) mass is 278 g/mol. The van der Waals surface area contributed by atoms with Gasteiger partial charge in [0.1, 0.15) is 5.69 Å². The number of halogens is 2. The highest BCUT2D eigenvalue weighted by Gasteiger charge is 2.30. The minimum absolute atomic E-state index is 0.308. The zero-order chi connectivity index (χ0) is 14.8. The summed E-state index contributed by atoms with van der Waals surface area (Å²) in [6.45, 7) is 4.08. The number of alkyl halides is 2. The predicted molar refractivity (Wildman–Crippen MR) is 70.3 cm³/mol. The molecule has 2 rings (SSSR count). The van der Waals surface area contributed by atoms with Gasteiger partial charge in [-0.3, -0.25) is 4.79 Å². The average molecular weight is 278 g/mol. The molecule has 0 saturated carbocycles. The standard InChI is InChI=1S/C14H12F2N2O2/c1-3-13(19)17-10-6-4-9(5-7-10)11-8-12(20-18-11)14(2,15)16/h3-8H,1H2,2H3,(H,17,19). The molecular formula is C14H12F2N2O2. The molecule has 0 spiro atoms. The van der Waals surface area contributed by atoms with Gasteiger partial charge < -0.3 is 9.84 Å². The van der Waals surface area contributed by atoms with Crippen LogP contribution in [0.3, 0.4) is 0 Å². The second-order valence-corrected chi connectivity index (χ2v) is 4.24. The van der Waals surface area contributed by atoms with E-state index in [1.807, 2.05) is 0 Å². The van der Waals surface area contributed by atoms with Crippen LogP contribution in [-0.2, 0) is 10.7 Å². The van der Waals surface area contributed by atoms with Crippen LogP contribution in [0, 0.1) is 0 Å². The van der Waals surface area contributed by atoms with Crippen molar-refractivity contribution in [3.63, 3.8) is 0 Å². The van der Waals surface area contributed by atoms with Crippen molar-refractivity contribution >= 4 is 11.6 Å². The third kappa shape index (κ3) is 3.09. The molecule has 0 aliphatic carbocycles. The maximum atomic E-state index is 13.0. The molecule has 1 aromatic carbocycles. The molecule has 0 bridgehead atoms. The van der Waals surface area contributed by atoms with Gasteiger partial charge in [-0.15, -0.1) is 0 Å². The summed E-state index contributed by atoms with van der Waals surface area (Å²) in [7, 11) is 0. The number of nitrogens with one attached hydrogen (secondary N) is 1. The van der Waals surface area contributed by atoms with E-state index < -0.39 is 11.7 Å². The first-order valence-electron chi connectivity index (χ1n) is 5.79. The lowest BCUT2D eigenvalue weighted by Crippen LogP contribution is -2.06. The molecule has 0 radical (unpaired) electrons. The summed E-state index contributed by atoms with van der Waals surface area (Å²) in [6, 6.07) is 7.75. The SMILES string of the molecule is C=CC(=O)Nc1ccc(-c2cc(C(C)(F)F)on2)cc1. The van der Waals surface area contributed by atoms with Crippen LogP contribution in [0.2, 0.25) is 0 Å². The lowest BCUT2D eigenvalue weighted by molar-refractivity contribution is -0.111. The first-order chi connectivity index (χ1) is 9.40. The molecule has 0 saturated heterocycles. The number of benzene rings is 1. The quantitative estimate of drug-likeness (QED) is 0.870. The van der Waals surface area contributed by atoms with Crippen LogP contribution >= 0.6 is 0 Å². The Morgan fingerprint density at radius 2 is 2.05 bits per heavy atom. The van der Waals surface area contributed by atoms with Gasteiger partial charge in [0.05, 0.1) is 0 Å². The Morgan fingerprint density at radius 1 is 1.40 bits per heavy atom. The topological polar surface area (TPSA) is 55.1 Å². The molecule has 2 aromatic rings. The molecule has 0 aliphatic heterocycles. The van der Waals surface area contributed by atoms with E-state index >= 15 is 0 Å². The van der Waals surface area contributed by atoms with Crippen molar-refractivity contribution < 1.29 is 18.1 Å². The fourth-order valence-electron chi connectivity index (χ4n) is 1.54. The summed E-state index contributed by atoms with van der Waals surface area (Å²) in [5.41, 5.74) is 1.49. The van der Waals surface area contributed by atoms with Gasteiger partial charge in [-0.1, -0.05) is 23.9 Å². The van der Waals surface area contributed by atoms with Crippen LogP contribution in [0.15, 0.2) is 47.5 Å². The summed E-state index contributed by atoms with van der Waals surface area (Å²) in [6.07, 6.45) is 1.15. The fraction of sp³-hybridized carbons (Fsp3) is 0.143. The van der Waals surface area contributed by atoms with Crippen LogP contribution in [-0.4, -0.2) is 11.1 Å². The van der Waals surface area contributed by atoms with E-state index in [2.05, 4.69) is 21.6 Å². The summed E-state index contributed by atoms with van der Waals surface area (Å²) < 4.78 is 30.7. The molecule has 1 aromatic heterocycles. The molecular weight excluding hydrogens is 266 g/mol. The van der Waals surface area contributed by atoms with E-state index in [4.69, 9.17) is 0 Å². The van der Waals surface area contributed by atoms with Gasteiger partial charge in [-0.2, -0.15) is 8.78 Å². The van der Waals surface area contributed by atoms with Gasteiger partial charge in [0.15, 0.2) is 0 Å². The second kappa shape index (κ2) is 5.24. The number of nitrogens with zero attached hydrogens (tertiary/aromatic N) is 1. The Kier molecular flexibility index (Phi) is 3.65. The summed E-state index contributed by atoms with van der Waals surface area (Å²) in [5.74, 6) is -3.88. The van der Waals surface area contributed by atoms with Crippen LogP contribution in [0.4, 0.5) is 14.5 Å². The number of hydrogen-bond donors (Lipinski definition) is 1. The van der Waals surface area contributed by atoms with Crippen molar-refractivity contribution in [1.82, 2.24) is 5.16 Å². The Bertz CT molecular complexity index is 627. The number of rotatable bonds is 4. The molecule has 0 unspecified atom stereocenters. The Balaban J connectivity index is 2.20. The van der Waals surface area contributed by atoms with E-state index in [1.54, 1.807) is 24.3 Å². The van der Waals surface area contributed by atoms with Gasteiger partial charge in [-0.05, 0) is 18.2 Å². The van der Waals surface area contributed by atoms with Crippen molar-refractivity contribution in [2.45, 2.75) is 12.8 Å². The average Bonchev–Trinajstić information content (AvgIpc) is 2.89. The summed E-state index contributed by atoms with van der Waals surface area (Å²) in [4.78, 5) is 11.1. The normalized spacial score (nSPS) is 11.2. The smallest absolute Gasteiger partial charge is 0.304 e. The van der Waals surface area contributed by atoms with Gasteiger partial charge in [0, 0.05) is 24.2 Å². The lowest BCUT2D eigenvalue weighted by atomic mass is 10.1. The molecule has 104 valence electrons. The maximum absolute atomic E-state index is 13.0. The molecule has 0 aliphatic rings. The van der Waals surface area contributed by atoms with Crippen molar-refractivity contribution in [1.29, 1.82) is 0 Å². The van der Waals surface area contributed by atoms with Crippen LogP contribution in [0.1, 0.15) is 12.7 Å². The van der Waals surface area contributed by atoms with E-state index in [-0.39, 0.29) is 5.91 Å². The maximum Gasteiger partial charge on any atom is 0.304 e. The van der Waals surface area contributed by atoms with E-state index in [9.17, 15) is 13.6 Å². The van der Waals surface area contributed by atoms with E-state index in [0.717, 1.165) is 13.0 Å². The van der Waals surface area contributed by atoms with Crippen molar-refractivity contribution in [3.8, 4) is 11.3 Å². The Morgan fingerprint density at radius 3 is 2.55 bits per heavy atom. The van der Waals surface area contributed by atoms with Gasteiger partial charge in [-0.25, -0.2) is 0 Å². The van der Waals surface area contributed by atoms with Crippen molar-refractivity contribution in [2.24, 2.45) is 0 Å². The number of anilines is 1. The molecule has 20 heavy (non-hydrogen) atoms. The number of carbonyl (C=O) groups excluding carboxylic acids is 1. The first kappa shape index (κ1) is 13.9. The molecule has 1 N–H and O–H groups in total. The van der Waals surface area contributed by atoms with Gasteiger partial charge >= 0.3 is 5.92 Å². The first-order valence-corrected chi connectivity index (χ1v) is 5.79. The zero-order valence-electron chi connectivity index (χ0n) is 10.7. The minimum Gasteiger partial charge on any atom is -0.354 e. The predicted octanol–water partition coefficient (Wildman–Crippen LogP) is 3.58. The summed E-state index contributed by atoms with van der Waals surface area (Å²) >= 11 is 0. The van der Waals surface area contributed by atoms with E-state index in [0.29, 0.717) is 16.9 Å².